The van der Waals surface area contributed by atoms with Gasteiger partial charge in [-0.3, -0.25) is 4.79 Å². The minimum absolute atomic E-state index is 0.0974. The second-order valence-corrected chi connectivity index (χ2v) is 8.81. The Kier molecular flexibility index (Phi) is 3.55. The number of anilines is 1. The number of sulfonamides is 1. The summed E-state index contributed by atoms with van der Waals surface area (Å²) in [7, 11) is -3.19. The molecule has 2 aliphatic rings. The third kappa shape index (κ3) is 2.83. The lowest BCUT2D eigenvalue weighted by Crippen LogP contribution is -2.49. The van der Waals surface area contributed by atoms with Crippen molar-refractivity contribution in [2.24, 2.45) is 5.41 Å². The molecule has 3 rings (SSSR count). The maximum Gasteiger partial charge on any atom is 0.236 e. The van der Waals surface area contributed by atoms with Gasteiger partial charge < -0.3 is 10.1 Å². The van der Waals surface area contributed by atoms with E-state index >= 15 is 0 Å². The molecule has 2 aliphatic heterocycles. The van der Waals surface area contributed by atoms with Gasteiger partial charge in [0.1, 0.15) is 0 Å². The molecule has 21 heavy (non-hydrogen) atoms. The number of carbonyl (C=O) groups is 1. The van der Waals surface area contributed by atoms with Gasteiger partial charge in [-0.05, 0) is 6.92 Å². The van der Waals surface area contributed by atoms with E-state index in [9.17, 15) is 13.2 Å². The molecule has 116 valence electrons. The molecular weight excluding hydrogens is 314 g/mol. The van der Waals surface area contributed by atoms with Gasteiger partial charge in [0, 0.05) is 24.4 Å². The molecule has 1 saturated heterocycles. The van der Waals surface area contributed by atoms with E-state index in [1.165, 1.54) is 21.9 Å². The molecule has 1 aromatic rings. The van der Waals surface area contributed by atoms with Gasteiger partial charge in [0.25, 0.3) is 0 Å². The zero-order chi connectivity index (χ0) is 15.3. The van der Waals surface area contributed by atoms with Crippen LogP contribution in [0.4, 0.5) is 5.13 Å². The van der Waals surface area contributed by atoms with Crippen LogP contribution >= 0.6 is 11.3 Å². The Labute approximate surface area is 127 Å². The fourth-order valence-corrected chi connectivity index (χ4v) is 4.18. The molecule has 3 heterocycles. The van der Waals surface area contributed by atoms with Crippen LogP contribution in [0.2, 0.25) is 0 Å². The lowest BCUT2D eigenvalue weighted by molar-refractivity contribution is -0.151. The Hall–Kier alpha value is -1.03. The van der Waals surface area contributed by atoms with Gasteiger partial charge in [-0.15, -0.1) is 11.3 Å². The molecule has 7 nitrogen and oxygen atoms in total. The lowest BCUT2D eigenvalue weighted by Gasteiger charge is -2.35. The number of aromatic nitrogens is 1. The smallest absolute Gasteiger partial charge is 0.236 e. The number of thiazole rings is 1. The van der Waals surface area contributed by atoms with E-state index in [-0.39, 0.29) is 5.91 Å². The van der Waals surface area contributed by atoms with Crippen LogP contribution in [0.25, 0.3) is 0 Å². The van der Waals surface area contributed by atoms with Crippen molar-refractivity contribution in [1.29, 1.82) is 0 Å². The van der Waals surface area contributed by atoms with Crippen LogP contribution in [0.5, 0.6) is 0 Å². The minimum atomic E-state index is -3.19. The topological polar surface area (TPSA) is 88.6 Å². The standard InChI is InChI=1S/C12H17N3O4S2/c1-12(6-19-7-12)10(16)14-11-13-8-3-4-15(21(2,17)18)5-9(8)20-11/h3-7H2,1-2H3,(H,13,14,16). The van der Waals surface area contributed by atoms with Gasteiger partial charge in [-0.2, -0.15) is 4.31 Å². The van der Waals surface area contributed by atoms with Crippen molar-refractivity contribution in [1.82, 2.24) is 9.29 Å². The number of carbonyl (C=O) groups excluding carboxylic acids is 1. The van der Waals surface area contributed by atoms with E-state index in [0.29, 0.717) is 37.9 Å². The van der Waals surface area contributed by atoms with Crippen LogP contribution in [0.3, 0.4) is 0 Å². The molecule has 0 saturated carbocycles. The number of amides is 1. The highest BCUT2D eigenvalue weighted by Gasteiger charge is 2.41. The Morgan fingerprint density at radius 3 is 2.76 bits per heavy atom. The summed E-state index contributed by atoms with van der Waals surface area (Å²) in [4.78, 5) is 17.4. The average molecular weight is 331 g/mol. The predicted molar refractivity (Wildman–Crippen MR) is 78.6 cm³/mol. The number of ether oxygens (including phenoxy) is 1. The molecule has 0 bridgehead atoms. The normalized spacial score (nSPS) is 21.4. The van der Waals surface area contributed by atoms with E-state index < -0.39 is 15.4 Å². The van der Waals surface area contributed by atoms with Crippen LogP contribution in [-0.2, 0) is 32.5 Å². The summed E-state index contributed by atoms with van der Waals surface area (Å²) >= 11 is 1.34. The highest BCUT2D eigenvalue weighted by atomic mass is 32.2. The molecule has 1 amide bonds. The highest BCUT2D eigenvalue weighted by molar-refractivity contribution is 7.88. The molecule has 0 aliphatic carbocycles. The van der Waals surface area contributed by atoms with Gasteiger partial charge in [0.2, 0.25) is 15.9 Å². The van der Waals surface area contributed by atoms with E-state index in [1.54, 1.807) is 0 Å². The zero-order valence-corrected chi connectivity index (χ0v) is 13.5. The Morgan fingerprint density at radius 2 is 2.19 bits per heavy atom. The average Bonchev–Trinajstić information content (AvgIpc) is 2.75. The van der Waals surface area contributed by atoms with Gasteiger partial charge in [-0.1, -0.05) is 0 Å². The van der Waals surface area contributed by atoms with Gasteiger partial charge in [0.05, 0.1) is 30.6 Å². The number of rotatable bonds is 3. The second kappa shape index (κ2) is 5.01. The van der Waals surface area contributed by atoms with Gasteiger partial charge in [0.15, 0.2) is 5.13 Å². The lowest BCUT2D eigenvalue weighted by atomic mass is 9.88. The number of hydrogen-bond acceptors (Lipinski definition) is 6. The molecule has 1 fully saturated rings. The quantitative estimate of drug-likeness (QED) is 0.868. The van der Waals surface area contributed by atoms with Gasteiger partial charge >= 0.3 is 0 Å². The van der Waals surface area contributed by atoms with Crippen LogP contribution in [0, 0.1) is 5.41 Å². The summed E-state index contributed by atoms with van der Waals surface area (Å²) in [6, 6.07) is 0. The zero-order valence-electron chi connectivity index (χ0n) is 11.9. The van der Waals surface area contributed by atoms with Crippen molar-refractivity contribution in [2.45, 2.75) is 19.9 Å². The Morgan fingerprint density at radius 1 is 1.48 bits per heavy atom. The molecule has 0 unspecified atom stereocenters. The summed E-state index contributed by atoms with van der Waals surface area (Å²) in [5.41, 5.74) is 0.399. The number of hydrogen-bond donors (Lipinski definition) is 1. The van der Waals surface area contributed by atoms with E-state index in [0.717, 1.165) is 10.6 Å². The summed E-state index contributed by atoms with van der Waals surface area (Å²) in [5.74, 6) is -0.0974. The molecule has 0 spiro atoms. The Bertz CT molecular complexity index is 679. The first kappa shape index (κ1) is 14.9. The summed E-state index contributed by atoms with van der Waals surface area (Å²) in [6.07, 6.45) is 1.79. The Balaban J connectivity index is 1.73. The number of nitrogens with one attached hydrogen (secondary N) is 1. The summed E-state index contributed by atoms with van der Waals surface area (Å²) in [6.45, 7) is 3.47. The molecular formula is C12H17N3O4S2. The van der Waals surface area contributed by atoms with Crippen LogP contribution in [0.1, 0.15) is 17.5 Å². The van der Waals surface area contributed by atoms with Gasteiger partial charge in [-0.25, -0.2) is 13.4 Å². The first-order chi connectivity index (χ1) is 9.78. The van der Waals surface area contributed by atoms with Crippen molar-refractivity contribution in [3.05, 3.63) is 10.6 Å². The molecule has 1 N–H and O–H groups in total. The monoisotopic (exact) mass is 331 g/mol. The van der Waals surface area contributed by atoms with E-state index in [1.807, 2.05) is 6.92 Å². The van der Waals surface area contributed by atoms with Crippen LogP contribution < -0.4 is 5.32 Å². The molecule has 0 atom stereocenters. The number of nitrogens with zero attached hydrogens (tertiary/aromatic N) is 2. The molecule has 0 radical (unpaired) electrons. The highest BCUT2D eigenvalue weighted by Crippen LogP contribution is 2.32. The number of fused-ring (bicyclic) bond motifs is 1. The van der Waals surface area contributed by atoms with Crippen LogP contribution in [0.15, 0.2) is 0 Å². The molecule has 1 aromatic heterocycles. The maximum atomic E-state index is 12.1. The van der Waals surface area contributed by atoms with E-state index in [4.69, 9.17) is 4.74 Å². The SMILES string of the molecule is CC1(C(=O)Nc2nc3c(s2)CN(S(C)(=O)=O)CC3)COC1. The predicted octanol–water partition coefficient (Wildman–Crippen LogP) is 0.436. The first-order valence-electron chi connectivity index (χ1n) is 6.61. The van der Waals surface area contributed by atoms with Crippen molar-refractivity contribution < 1.29 is 17.9 Å². The first-order valence-corrected chi connectivity index (χ1v) is 9.27. The molecule has 0 aromatic carbocycles. The van der Waals surface area contributed by atoms with Crippen molar-refractivity contribution in [3.8, 4) is 0 Å². The minimum Gasteiger partial charge on any atom is -0.379 e. The largest absolute Gasteiger partial charge is 0.379 e. The maximum absolute atomic E-state index is 12.1. The van der Waals surface area contributed by atoms with Crippen molar-refractivity contribution >= 4 is 32.4 Å². The fourth-order valence-electron chi connectivity index (χ4n) is 2.30. The van der Waals surface area contributed by atoms with Crippen LogP contribution in [-0.4, -0.2) is 49.6 Å². The molecule has 9 heteroatoms. The second-order valence-electron chi connectivity index (χ2n) is 5.74. The third-order valence-corrected chi connectivity index (χ3v) is 6.02. The fraction of sp³-hybridized carbons (Fsp3) is 0.667. The van der Waals surface area contributed by atoms with Crippen molar-refractivity contribution in [2.75, 3.05) is 31.3 Å². The van der Waals surface area contributed by atoms with Crippen molar-refractivity contribution in [3.63, 3.8) is 0 Å². The summed E-state index contributed by atoms with van der Waals surface area (Å²) < 4.78 is 29.7. The summed E-state index contributed by atoms with van der Waals surface area (Å²) in [5, 5.41) is 3.35. The third-order valence-electron chi connectivity index (χ3n) is 3.78. The van der Waals surface area contributed by atoms with E-state index in [2.05, 4.69) is 10.3 Å².